The van der Waals surface area contributed by atoms with Crippen LogP contribution in [0.4, 0.5) is 5.13 Å². The smallest absolute Gasteiger partial charge is 0.301 e. The summed E-state index contributed by atoms with van der Waals surface area (Å²) in [6.07, 6.45) is 0. The van der Waals surface area contributed by atoms with E-state index in [1.54, 1.807) is 18.2 Å². The Hall–Kier alpha value is -3.86. The van der Waals surface area contributed by atoms with Crippen LogP contribution < -0.4 is 14.4 Å². The number of aliphatic hydroxyl groups excluding tert-OH is 1. The van der Waals surface area contributed by atoms with Gasteiger partial charge in [-0.1, -0.05) is 84.9 Å². The molecule has 0 saturated carbocycles. The van der Waals surface area contributed by atoms with Gasteiger partial charge in [-0.2, -0.15) is 0 Å². The Morgan fingerprint density at radius 1 is 1.02 bits per heavy atom. The van der Waals surface area contributed by atoms with Gasteiger partial charge in [-0.05, 0) is 52.9 Å². The van der Waals surface area contributed by atoms with Crippen molar-refractivity contribution in [1.82, 2.24) is 10.2 Å². The van der Waals surface area contributed by atoms with Crippen molar-refractivity contribution < 1.29 is 24.2 Å². The van der Waals surface area contributed by atoms with E-state index in [1.165, 1.54) is 28.0 Å². The van der Waals surface area contributed by atoms with Crippen molar-refractivity contribution >= 4 is 57.3 Å². The average Bonchev–Trinajstić information content (AvgIpc) is 3.58. The van der Waals surface area contributed by atoms with Crippen molar-refractivity contribution in [3.8, 4) is 11.5 Å². The number of aliphatic hydroxyl groups is 1. The first kappa shape index (κ1) is 28.3. The molecule has 1 fully saturated rings. The fourth-order valence-electron chi connectivity index (χ4n) is 4.84. The van der Waals surface area contributed by atoms with E-state index in [9.17, 15) is 14.7 Å². The number of halogens is 1. The molecule has 0 radical (unpaired) electrons. The summed E-state index contributed by atoms with van der Waals surface area (Å²) in [6.45, 7) is 4.98. The van der Waals surface area contributed by atoms with Gasteiger partial charge in [0, 0.05) is 16.3 Å². The van der Waals surface area contributed by atoms with Crippen LogP contribution in [0.1, 0.15) is 48.1 Å². The van der Waals surface area contributed by atoms with Crippen LogP contribution in [0.15, 0.2) is 76.6 Å². The Labute approximate surface area is 255 Å². The van der Waals surface area contributed by atoms with E-state index < -0.39 is 17.7 Å². The number of thioether (sulfide) groups is 1. The number of carbonyl (C=O) groups excluding carboxylic acids is 2. The second kappa shape index (κ2) is 11.8. The van der Waals surface area contributed by atoms with E-state index >= 15 is 0 Å². The minimum Gasteiger partial charge on any atom is -0.507 e. The number of hydrogen-bond donors (Lipinski definition) is 1. The molecule has 8 nitrogen and oxygen atoms in total. The van der Waals surface area contributed by atoms with Crippen LogP contribution in [0.5, 0.6) is 11.5 Å². The Kier molecular flexibility index (Phi) is 7.94. The van der Waals surface area contributed by atoms with Gasteiger partial charge < -0.3 is 14.6 Å². The first-order valence-electron chi connectivity index (χ1n) is 13.3. The first-order chi connectivity index (χ1) is 20.3. The van der Waals surface area contributed by atoms with Gasteiger partial charge in [-0.25, -0.2) is 0 Å². The van der Waals surface area contributed by atoms with Crippen molar-refractivity contribution in [3.05, 3.63) is 99.6 Å². The van der Waals surface area contributed by atoms with Crippen LogP contribution in [-0.4, -0.2) is 40.2 Å². The molecule has 11 heteroatoms. The third-order valence-electron chi connectivity index (χ3n) is 7.06. The molecule has 1 amide bonds. The molecule has 1 unspecified atom stereocenters. The summed E-state index contributed by atoms with van der Waals surface area (Å²) in [5, 5.41) is 21.0. The highest BCUT2D eigenvalue weighted by Gasteiger charge is 2.48. The maximum atomic E-state index is 13.6. The average molecular weight is 620 g/mol. The summed E-state index contributed by atoms with van der Waals surface area (Å²) in [5.41, 5.74) is 3.16. The fraction of sp³-hybridized carbons (Fsp3) is 0.226. The summed E-state index contributed by atoms with van der Waals surface area (Å²) >= 11 is 8.69. The van der Waals surface area contributed by atoms with Gasteiger partial charge in [-0.15, -0.1) is 10.2 Å². The lowest BCUT2D eigenvalue weighted by molar-refractivity contribution is -0.132. The number of carbonyl (C=O) groups is 2. The lowest BCUT2D eigenvalue weighted by Crippen LogP contribution is -2.29. The summed E-state index contributed by atoms with van der Waals surface area (Å²) in [4.78, 5) is 28.5. The molecule has 0 aliphatic carbocycles. The lowest BCUT2D eigenvalue weighted by Gasteiger charge is -2.23. The number of rotatable bonds is 7. The highest BCUT2D eigenvalue weighted by atomic mass is 35.5. The Morgan fingerprint density at radius 2 is 1.74 bits per heavy atom. The molecule has 1 saturated heterocycles. The van der Waals surface area contributed by atoms with E-state index in [0.717, 1.165) is 11.1 Å². The number of aromatic nitrogens is 2. The normalized spacial score (nSPS) is 17.7. The van der Waals surface area contributed by atoms with Crippen LogP contribution in [0.2, 0.25) is 5.02 Å². The highest BCUT2D eigenvalue weighted by molar-refractivity contribution is 8.00. The molecule has 0 spiro atoms. The number of amides is 1. The van der Waals surface area contributed by atoms with E-state index in [4.69, 9.17) is 21.1 Å². The summed E-state index contributed by atoms with van der Waals surface area (Å²) in [6, 6.07) is 19.3. The molecule has 0 bridgehead atoms. The number of anilines is 1. The standard InChI is InChI=1S/C31H26ClN3O5S2/c1-17(2)19-5-7-20(8-6-19)26-25(27(36)21-9-12-23-24(15-21)40-14-13-39-23)28(37)29(38)35(26)30-33-34-31(42-30)41-16-18-3-10-22(32)11-4-18/h3-12,15,17,26,36H,13-14,16H2,1-2H3/b27-25-. The van der Waals surface area contributed by atoms with Crippen LogP contribution >= 0.6 is 34.7 Å². The number of ether oxygens (including phenoxy) is 2. The molecule has 1 atom stereocenters. The molecule has 214 valence electrons. The van der Waals surface area contributed by atoms with E-state index in [0.29, 0.717) is 56.9 Å². The summed E-state index contributed by atoms with van der Waals surface area (Å²) < 4.78 is 11.9. The number of nitrogens with zero attached hydrogens (tertiary/aromatic N) is 3. The lowest BCUT2D eigenvalue weighted by atomic mass is 9.93. The van der Waals surface area contributed by atoms with Crippen LogP contribution in [-0.2, 0) is 15.3 Å². The SMILES string of the molecule is CC(C)c1ccc(C2/C(=C(/O)c3ccc4c(c3)OCCO4)C(=O)C(=O)N2c2nnc(SCc3ccc(Cl)cc3)s2)cc1. The maximum Gasteiger partial charge on any atom is 0.301 e. The Balaban J connectivity index is 1.39. The number of Topliss-reactive ketones (excluding diaryl/α,β-unsaturated/α-hetero) is 1. The highest BCUT2D eigenvalue weighted by Crippen LogP contribution is 2.45. The van der Waals surface area contributed by atoms with Gasteiger partial charge in [0.25, 0.3) is 5.78 Å². The van der Waals surface area contributed by atoms with Crippen molar-refractivity contribution in [1.29, 1.82) is 0 Å². The zero-order chi connectivity index (χ0) is 29.4. The quantitative estimate of drug-likeness (QED) is 0.0775. The Bertz CT molecular complexity index is 1690. The molecule has 3 aromatic carbocycles. The minimum atomic E-state index is -0.901. The monoisotopic (exact) mass is 619 g/mol. The Morgan fingerprint density at radius 3 is 2.45 bits per heavy atom. The second-order valence-corrected chi connectivity index (χ2v) is 12.7. The van der Waals surface area contributed by atoms with Gasteiger partial charge in [-0.3, -0.25) is 14.5 Å². The van der Waals surface area contributed by atoms with Gasteiger partial charge in [0.1, 0.15) is 19.0 Å². The van der Waals surface area contributed by atoms with Gasteiger partial charge in [0.15, 0.2) is 15.8 Å². The molecule has 6 rings (SSSR count). The number of fused-ring (bicyclic) bond motifs is 1. The molecule has 1 aromatic heterocycles. The van der Waals surface area contributed by atoms with Crippen molar-refractivity contribution in [2.75, 3.05) is 18.1 Å². The fourth-order valence-corrected chi connectivity index (χ4v) is 6.79. The van der Waals surface area contributed by atoms with Gasteiger partial charge in [0.2, 0.25) is 5.13 Å². The van der Waals surface area contributed by atoms with E-state index in [2.05, 4.69) is 24.0 Å². The minimum absolute atomic E-state index is 0.0282. The topological polar surface area (TPSA) is 102 Å². The summed E-state index contributed by atoms with van der Waals surface area (Å²) in [5.74, 6) is 0.0670. The third-order valence-corrected chi connectivity index (χ3v) is 9.44. The zero-order valence-electron chi connectivity index (χ0n) is 22.7. The molecule has 2 aliphatic heterocycles. The molecular formula is C31H26ClN3O5S2. The third kappa shape index (κ3) is 5.49. The van der Waals surface area contributed by atoms with E-state index in [-0.39, 0.29) is 16.5 Å². The molecule has 4 aromatic rings. The second-order valence-electron chi connectivity index (χ2n) is 10.1. The number of hydrogen-bond acceptors (Lipinski definition) is 9. The summed E-state index contributed by atoms with van der Waals surface area (Å²) in [7, 11) is 0. The predicted octanol–water partition coefficient (Wildman–Crippen LogP) is 7.00. The maximum absolute atomic E-state index is 13.6. The molecule has 2 aliphatic rings. The van der Waals surface area contributed by atoms with Crippen LogP contribution in [0, 0.1) is 0 Å². The zero-order valence-corrected chi connectivity index (χ0v) is 25.1. The molecule has 3 heterocycles. The van der Waals surface area contributed by atoms with Crippen molar-refractivity contribution in [3.63, 3.8) is 0 Å². The first-order valence-corrected chi connectivity index (χ1v) is 15.5. The largest absolute Gasteiger partial charge is 0.507 e. The molecular weight excluding hydrogens is 594 g/mol. The number of benzene rings is 3. The molecule has 42 heavy (non-hydrogen) atoms. The van der Waals surface area contributed by atoms with Crippen LogP contribution in [0.3, 0.4) is 0 Å². The van der Waals surface area contributed by atoms with Crippen LogP contribution in [0.25, 0.3) is 5.76 Å². The predicted molar refractivity (Wildman–Crippen MR) is 164 cm³/mol. The van der Waals surface area contributed by atoms with Gasteiger partial charge in [0.05, 0.1) is 11.6 Å². The van der Waals surface area contributed by atoms with E-state index in [1.807, 2.05) is 48.5 Å². The molecule has 1 N–H and O–H groups in total. The van der Waals surface area contributed by atoms with Crippen molar-refractivity contribution in [2.24, 2.45) is 0 Å². The van der Waals surface area contributed by atoms with Crippen molar-refractivity contribution in [2.45, 2.75) is 35.9 Å². The number of ketones is 1. The van der Waals surface area contributed by atoms with Gasteiger partial charge >= 0.3 is 5.91 Å².